The third-order valence-electron chi connectivity index (χ3n) is 5.04. The van der Waals surface area contributed by atoms with Gasteiger partial charge in [0.15, 0.2) is 11.5 Å². The maximum atomic E-state index is 13.1. The maximum absolute atomic E-state index is 13.1. The second-order valence-corrected chi connectivity index (χ2v) is 10.1. The van der Waals surface area contributed by atoms with E-state index in [1.807, 2.05) is 0 Å². The van der Waals surface area contributed by atoms with Crippen LogP contribution in [0.2, 0.25) is 10.0 Å². The number of halogens is 4. The Hall–Kier alpha value is -2.52. The Morgan fingerprint density at radius 2 is 1.74 bits per heavy atom. The first-order valence-corrected chi connectivity index (χ1v) is 12.6. The van der Waals surface area contributed by atoms with Gasteiger partial charge in [-0.05, 0) is 86.9 Å². The number of ether oxygens (including phenoxy) is 2. The molecule has 0 radical (unpaired) electrons. The van der Waals surface area contributed by atoms with Crippen molar-refractivity contribution in [2.24, 2.45) is 0 Å². The summed E-state index contributed by atoms with van der Waals surface area (Å²) in [5.74, 6) is 0.167. The molecule has 0 aliphatic carbocycles. The zero-order valence-corrected chi connectivity index (χ0v) is 22.1. The molecule has 1 saturated heterocycles. The third-order valence-corrected chi connectivity index (χ3v) is 7.28. The Balaban J connectivity index is 1.52. The zero-order valence-electron chi connectivity index (χ0n) is 18.2. The highest BCUT2D eigenvalue weighted by Gasteiger charge is 2.35. The predicted octanol–water partition coefficient (Wildman–Crippen LogP) is 7.72. The number of rotatable bonds is 7. The van der Waals surface area contributed by atoms with Gasteiger partial charge in [-0.1, -0.05) is 41.4 Å². The van der Waals surface area contributed by atoms with Crippen molar-refractivity contribution < 1.29 is 23.5 Å². The Kier molecular flexibility index (Phi) is 8.06. The van der Waals surface area contributed by atoms with Gasteiger partial charge in [-0.15, -0.1) is 0 Å². The zero-order chi connectivity index (χ0) is 25.1. The molecule has 0 saturated carbocycles. The molecule has 1 aliphatic heterocycles. The van der Waals surface area contributed by atoms with E-state index in [2.05, 4.69) is 15.9 Å². The van der Waals surface area contributed by atoms with Crippen LogP contribution in [0.1, 0.15) is 16.7 Å². The summed E-state index contributed by atoms with van der Waals surface area (Å²) in [6.45, 7) is 0.296. The van der Waals surface area contributed by atoms with E-state index in [1.165, 1.54) is 19.2 Å². The van der Waals surface area contributed by atoms with Crippen LogP contribution in [0.3, 0.4) is 0 Å². The molecule has 0 atom stereocenters. The van der Waals surface area contributed by atoms with Crippen molar-refractivity contribution >= 4 is 68.1 Å². The second kappa shape index (κ2) is 11.0. The lowest BCUT2D eigenvalue weighted by Gasteiger charge is -2.14. The van der Waals surface area contributed by atoms with E-state index in [-0.39, 0.29) is 29.1 Å². The summed E-state index contributed by atoms with van der Waals surface area (Å²) in [7, 11) is 1.50. The Morgan fingerprint density at radius 1 is 1.03 bits per heavy atom. The van der Waals surface area contributed by atoms with Gasteiger partial charge in [-0.25, -0.2) is 4.39 Å². The molecule has 3 aromatic carbocycles. The van der Waals surface area contributed by atoms with E-state index in [4.69, 9.17) is 32.7 Å². The minimum absolute atomic E-state index is 0.0854. The molecule has 5 nitrogen and oxygen atoms in total. The van der Waals surface area contributed by atoms with E-state index in [9.17, 15) is 14.0 Å². The topological polar surface area (TPSA) is 55.8 Å². The first-order valence-electron chi connectivity index (χ1n) is 10.2. The number of carbonyl (C=O) groups is 2. The SMILES string of the molecule is COc1cc(/C=C2/SC(=O)N(Cc3ccc(Cl)c(Cl)c3)C2=O)cc(Br)c1OCc1ccc(F)cc1. The van der Waals surface area contributed by atoms with Gasteiger partial charge in [0, 0.05) is 0 Å². The minimum Gasteiger partial charge on any atom is -0.493 e. The van der Waals surface area contributed by atoms with Crippen molar-refractivity contribution in [1.29, 1.82) is 0 Å². The normalized spacial score (nSPS) is 14.7. The highest BCUT2D eigenvalue weighted by molar-refractivity contribution is 9.10. The molecule has 1 aliphatic rings. The molecule has 0 N–H and O–H groups in total. The summed E-state index contributed by atoms with van der Waals surface area (Å²) in [5, 5.41) is 0.372. The first kappa shape index (κ1) is 25.6. The van der Waals surface area contributed by atoms with E-state index in [0.717, 1.165) is 22.2 Å². The molecule has 4 rings (SSSR count). The number of benzene rings is 3. The highest BCUT2D eigenvalue weighted by atomic mass is 79.9. The number of imide groups is 1. The molecule has 1 fully saturated rings. The van der Waals surface area contributed by atoms with Crippen molar-refractivity contribution in [1.82, 2.24) is 4.90 Å². The lowest BCUT2D eigenvalue weighted by atomic mass is 10.1. The molecule has 0 spiro atoms. The van der Waals surface area contributed by atoms with E-state index in [0.29, 0.717) is 37.1 Å². The minimum atomic E-state index is -0.405. The van der Waals surface area contributed by atoms with Crippen molar-refractivity contribution in [3.05, 3.63) is 96.5 Å². The number of thioether (sulfide) groups is 1. The standard InChI is InChI=1S/C25H17BrCl2FNO4S/c1-33-21-10-16(8-18(26)23(21)34-13-14-2-5-17(29)6-3-14)11-22-24(31)30(25(32)35-22)12-15-4-7-19(27)20(28)9-15/h2-11H,12-13H2,1H3/b22-11+. The summed E-state index contributed by atoms with van der Waals surface area (Å²) in [5.41, 5.74) is 2.12. The van der Waals surface area contributed by atoms with Crippen molar-refractivity contribution in [3.63, 3.8) is 0 Å². The lowest BCUT2D eigenvalue weighted by molar-refractivity contribution is -0.123. The number of nitrogens with zero attached hydrogens (tertiary/aromatic N) is 1. The quantitative estimate of drug-likeness (QED) is 0.261. The Bertz CT molecular complexity index is 1330. The molecule has 2 amide bonds. The smallest absolute Gasteiger partial charge is 0.293 e. The average molecular weight is 597 g/mol. The second-order valence-electron chi connectivity index (χ2n) is 7.47. The number of amides is 2. The fraction of sp³-hybridized carbons (Fsp3) is 0.120. The van der Waals surface area contributed by atoms with Gasteiger partial charge in [0.2, 0.25) is 0 Å². The fourth-order valence-electron chi connectivity index (χ4n) is 3.31. The van der Waals surface area contributed by atoms with Crippen LogP contribution in [0, 0.1) is 5.82 Å². The molecule has 0 bridgehead atoms. The predicted molar refractivity (Wildman–Crippen MR) is 139 cm³/mol. The lowest BCUT2D eigenvalue weighted by Crippen LogP contribution is -2.27. The Labute approximate surface area is 223 Å². The van der Waals surface area contributed by atoms with Crippen LogP contribution >= 0.6 is 50.9 Å². The van der Waals surface area contributed by atoms with Crippen LogP contribution < -0.4 is 9.47 Å². The molecule has 1 heterocycles. The van der Waals surface area contributed by atoms with Crippen molar-refractivity contribution in [2.45, 2.75) is 13.2 Å². The first-order chi connectivity index (χ1) is 16.7. The van der Waals surface area contributed by atoms with Crippen LogP contribution in [-0.2, 0) is 17.9 Å². The van der Waals surface area contributed by atoms with Gasteiger partial charge >= 0.3 is 0 Å². The van der Waals surface area contributed by atoms with Crippen LogP contribution in [0.5, 0.6) is 11.5 Å². The number of hydrogen-bond acceptors (Lipinski definition) is 5. The Morgan fingerprint density at radius 3 is 2.43 bits per heavy atom. The molecular formula is C25H17BrCl2FNO4S. The van der Waals surface area contributed by atoms with Crippen LogP contribution in [0.4, 0.5) is 9.18 Å². The van der Waals surface area contributed by atoms with Crippen molar-refractivity contribution in [3.8, 4) is 11.5 Å². The van der Waals surface area contributed by atoms with Gasteiger partial charge in [0.1, 0.15) is 12.4 Å². The van der Waals surface area contributed by atoms with Gasteiger partial charge in [-0.2, -0.15) is 0 Å². The monoisotopic (exact) mass is 595 g/mol. The summed E-state index contributed by atoms with van der Waals surface area (Å²) >= 11 is 16.3. The molecular weight excluding hydrogens is 580 g/mol. The highest BCUT2D eigenvalue weighted by Crippen LogP contribution is 2.40. The molecule has 3 aromatic rings. The third kappa shape index (κ3) is 6.01. The average Bonchev–Trinajstić information content (AvgIpc) is 3.08. The number of hydrogen-bond donors (Lipinski definition) is 0. The molecule has 0 aromatic heterocycles. The maximum Gasteiger partial charge on any atom is 0.293 e. The van der Waals surface area contributed by atoms with Crippen LogP contribution in [0.25, 0.3) is 6.08 Å². The van der Waals surface area contributed by atoms with Gasteiger partial charge in [-0.3, -0.25) is 14.5 Å². The van der Waals surface area contributed by atoms with E-state index >= 15 is 0 Å². The molecule has 0 unspecified atom stereocenters. The van der Waals surface area contributed by atoms with E-state index in [1.54, 1.807) is 48.5 Å². The summed E-state index contributed by atoms with van der Waals surface area (Å²) in [6.07, 6.45) is 1.62. The van der Waals surface area contributed by atoms with Crippen molar-refractivity contribution in [2.75, 3.05) is 7.11 Å². The summed E-state index contributed by atoms with van der Waals surface area (Å²) in [6, 6.07) is 14.4. The molecule has 35 heavy (non-hydrogen) atoms. The molecule has 180 valence electrons. The van der Waals surface area contributed by atoms with E-state index < -0.39 is 5.91 Å². The fourth-order valence-corrected chi connectivity index (χ4v) is 5.04. The molecule has 10 heteroatoms. The number of carbonyl (C=O) groups excluding carboxylic acids is 2. The van der Waals surface area contributed by atoms with Gasteiger partial charge in [0.05, 0.1) is 33.1 Å². The van der Waals surface area contributed by atoms with Crippen LogP contribution in [-0.4, -0.2) is 23.2 Å². The summed E-state index contributed by atoms with van der Waals surface area (Å²) in [4.78, 5) is 26.9. The number of methoxy groups -OCH3 is 1. The van der Waals surface area contributed by atoms with Gasteiger partial charge < -0.3 is 9.47 Å². The van der Waals surface area contributed by atoms with Crippen LogP contribution in [0.15, 0.2) is 64.0 Å². The van der Waals surface area contributed by atoms with Gasteiger partial charge in [0.25, 0.3) is 11.1 Å². The summed E-state index contributed by atoms with van der Waals surface area (Å²) < 4.78 is 25.1. The largest absolute Gasteiger partial charge is 0.493 e.